The van der Waals surface area contributed by atoms with Gasteiger partial charge in [0.25, 0.3) is 5.91 Å². The number of carbonyl (C=O) groups is 1. The molecule has 0 spiro atoms. The molecular formula is C23H22N4O. The first-order valence-electron chi connectivity index (χ1n) is 9.85. The molecule has 1 N–H and O–H groups in total. The zero-order valence-corrected chi connectivity index (χ0v) is 15.7. The second-order valence-corrected chi connectivity index (χ2v) is 7.41. The van der Waals surface area contributed by atoms with Crippen molar-refractivity contribution >= 4 is 5.91 Å². The Hall–Kier alpha value is -3.05. The molecule has 1 aliphatic carbocycles. The number of carbonyl (C=O) groups excluding carboxylic acids is 1. The van der Waals surface area contributed by atoms with Gasteiger partial charge in [-0.3, -0.25) is 4.79 Å². The van der Waals surface area contributed by atoms with E-state index in [1.165, 1.54) is 22.3 Å². The van der Waals surface area contributed by atoms with Crippen LogP contribution in [0.1, 0.15) is 28.0 Å². The van der Waals surface area contributed by atoms with E-state index in [1.807, 2.05) is 11.0 Å². The van der Waals surface area contributed by atoms with Crippen LogP contribution >= 0.6 is 0 Å². The van der Waals surface area contributed by atoms with E-state index in [0.717, 1.165) is 43.7 Å². The normalized spacial score (nSPS) is 15.6. The van der Waals surface area contributed by atoms with Crippen LogP contribution in [0, 0.1) is 0 Å². The van der Waals surface area contributed by atoms with E-state index in [9.17, 15) is 4.79 Å². The molecule has 1 aromatic heterocycles. The van der Waals surface area contributed by atoms with Gasteiger partial charge in [-0.1, -0.05) is 36.4 Å². The van der Waals surface area contributed by atoms with Crippen LogP contribution in [-0.4, -0.2) is 47.2 Å². The van der Waals surface area contributed by atoms with Crippen LogP contribution in [0.15, 0.2) is 54.6 Å². The highest BCUT2D eigenvalue weighted by atomic mass is 16.2. The monoisotopic (exact) mass is 370 g/mol. The van der Waals surface area contributed by atoms with Crippen molar-refractivity contribution < 1.29 is 4.79 Å². The molecule has 5 nitrogen and oxygen atoms in total. The third-order valence-electron chi connectivity index (χ3n) is 5.61. The first-order chi connectivity index (χ1) is 13.8. The molecule has 2 aliphatic rings. The minimum Gasteiger partial charge on any atom is -0.336 e. The van der Waals surface area contributed by atoms with Gasteiger partial charge in [0.15, 0.2) is 5.69 Å². The van der Waals surface area contributed by atoms with Crippen molar-refractivity contribution in [2.24, 2.45) is 0 Å². The Labute approximate surface area is 164 Å². The fraction of sp³-hybridized carbons (Fsp3) is 0.261. The molecule has 3 aromatic rings. The van der Waals surface area contributed by atoms with E-state index >= 15 is 0 Å². The number of amides is 1. The lowest BCUT2D eigenvalue weighted by Crippen LogP contribution is -2.34. The molecule has 0 radical (unpaired) electrons. The number of nitrogens with one attached hydrogen (secondary N) is 1. The molecule has 5 heteroatoms. The average Bonchev–Trinajstić information content (AvgIpc) is 2.91. The number of hydrogen-bond acceptors (Lipinski definition) is 4. The molecule has 0 atom stereocenters. The lowest BCUT2D eigenvalue weighted by atomic mass is 10.0. The Kier molecular flexibility index (Phi) is 4.37. The van der Waals surface area contributed by atoms with Gasteiger partial charge < -0.3 is 10.2 Å². The Morgan fingerprint density at radius 3 is 2.68 bits per heavy atom. The van der Waals surface area contributed by atoms with Crippen molar-refractivity contribution in [1.29, 1.82) is 0 Å². The fourth-order valence-corrected chi connectivity index (χ4v) is 4.09. The Balaban J connectivity index is 1.40. The fourth-order valence-electron chi connectivity index (χ4n) is 4.09. The van der Waals surface area contributed by atoms with Gasteiger partial charge in [0.1, 0.15) is 0 Å². The van der Waals surface area contributed by atoms with Gasteiger partial charge in [0.2, 0.25) is 0 Å². The maximum atomic E-state index is 12.7. The summed E-state index contributed by atoms with van der Waals surface area (Å²) in [7, 11) is 0. The molecule has 1 saturated heterocycles. The van der Waals surface area contributed by atoms with Gasteiger partial charge in [0, 0.05) is 25.2 Å². The van der Waals surface area contributed by atoms with Crippen molar-refractivity contribution in [3.63, 3.8) is 0 Å². The summed E-state index contributed by atoms with van der Waals surface area (Å²) in [5.41, 5.74) is 7.52. The van der Waals surface area contributed by atoms with Crippen molar-refractivity contribution in [3.8, 4) is 22.4 Å². The molecule has 140 valence electrons. The predicted molar refractivity (Wildman–Crippen MR) is 109 cm³/mol. The average molecular weight is 370 g/mol. The molecule has 28 heavy (non-hydrogen) atoms. The second-order valence-electron chi connectivity index (χ2n) is 7.41. The Morgan fingerprint density at radius 1 is 0.893 bits per heavy atom. The highest BCUT2D eigenvalue weighted by molar-refractivity contribution is 5.92. The van der Waals surface area contributed by atoms with Gasteiger partial charge in [0.05, 0.1) is 5.69 Å². The Morgan fingerprint density at radius 2 is 1.79 bits per heavy atom. The third-order valence-corrected chi connectivity index (χ3v) is 5.61. The number of fused-ring (bicyclic) bond motifs is 3. The maximum Gasteiger partial charge on any atom is 0.274 e. The van der Waals surface area contributed by atoms with Gasteiger partial charge in [-0.05, 0) is 59.8 Å². The molecule has 0 saturated carbocycles. The second kappa shape index (κ2) is 7.17. The van der Waals surface area contributed by atoms with E-state index in [-0.39, 0.29) is 5.91 Å². The number of nitrogens with zero attached hydrogens (tertiary/aromatic N) is 3. The smallest absolute Gasteiger partial charge is 0.274 e. The van der Waals surface area contributed by atoms with Crippen LogP contribution in [0.2, 0.25) is 0 Å². The van der Waals surface area contributed by atoms with E-state index in [4.69, 9.17) is 0 Å². The molecule has 1 amide bonds. The minimum absolute atomic E-state index is 0.0365. The molecule has 2 heterocycles. The van der Waals surface area contributed by atoms with Crippen molar-refractivity contribution in [3.05, 3.63) is 71.4 Å². The van der Waals surface area contributed by atoms with Gasteiger partial charge in [-0.25, -0.2) is 0 Å². The SMILES string of the molecule is O=C(c1ccc(-c2ccc3c(c2)-c2ccccc2C3)nn1)N1CCCNCC1. The molecule has 0 bridgehead atoms. The van der Waals surface area contributed by atoms with Gasteiger partial charge in [-0.15, -0.1) is 10.2 Å². The summed E-state index contributed by atoms with van der Waals surface area (Å²) in [5.74, 6) is -0.0365. The largest absolute Gasteiger partial charge is 0.336 e. The lowest BCUT2D eigenvalue weighted by molar-refractivity contribution is 0.0759. The van der Waals surface area contributed by atoms with E-state index in [0.29, 0.717) is 12.2 Å². The molecule has 0 unspecified atom stereocenters. The maximum absolute atomic E-state index is 12.7. The summed E-state index contributed by atoms with van der Waals surface area (Å²) >= 11 is 0. The lowest BCUT2D eigenvalue weighted by Gasteiger charge is -2.19. The van der Waals surface area contributed by atoms with E-state index in [2.05, 4.69) is 58.0 Å². The molecule has 1 aliphatic heterocycles. The van der Waals surface area contributed by atoms with Crippen LogP contribution in [-0.2, 0) is 6.42 Å². The van der Waals surface area contributed by atoms with Crippen LogP contribution in [0.25, 0.3) is 22.4 Å². The van der Waals surface area contributed by atoms with Crippen molar-refractivity contribution in [2.75, 3.05) is 26.2 Å². The van der Waals surface area contributed by atoms with Crippen LogP contribution in [0.3, 0.4) is 0 Å². The minimum atomic E-state index is -0.0365. The quantitative estimate of drug-likeness (QED) is 0.589. The Bertz CT molecular complexity index is 1020. The molecule has 5 rings (SSSR count). The summed E-state index contributed by atoms with van der Waals surface area (Å²) in [4.78, 5) is 14.5. The predicted octanol–water partition coefficient (Wildman–Crippen LogP) is 3.15. The first-order valence-corrected chi connectivity index (χ1v) is 9.85. The van der Waals surface area contributed by atoms with E-state index in [1.54, 1.807) is 6.07 Å². The van der Waals surface area contributed by atoms with Crippen LogP contribution < -0.4 is 5.32 Å². The standard InChI is InChI=1S/C23H22N4O/c28-23(27-12-3-10-24-11-13-27)22-9-8-21(25-26-22)18-7-6-17-14-16-4-1-2-5-19(16)20(17)15-18/h1-2,4-9,15,24H,3,10-14H2. The van der Waals surface area contributed by atoms with Gasteiger partial charge in [-0.2, -0.15) is 0 Å². The molecule has 2 aromatic carbocycles. The van der Waals surface area contributed by atoms with Crippen LogP contribution in [0.5, 0.6) is 0 Å². The zero-order chi connectivity index (χ0) is 18.9. The molecule has 1 fully saturated rings. The summed E-state index contributed by atoms with van der Waals surface area (Å²) in [6, 6.07) is 18.7. The number of hydrogen-bond donors (Lipinski definition) is 1. The number of rotatable bonds is 2. The van der Waals surface area contributed by atoms with Crippen molar-refractivity contribution in [2.45, 2.75) is 12.8 Å². The summed E-state index contributed by atoms with van der Waals surface area (Å²) in [6.07, 6.45) is 1.95. The summed E-state index contributed by atoms with van der Waals surface area (Å²) < 4.78 is 0. The summed E-state index contributed by atoms with van der Waals surface area (Å²) in [6.45, 7) is 3.26. The highest BCUT2D eigenvalue weighted by Crippen LogP contribution is 2.38. The molecular weight excluding hydrogens is 348 g/mol. The topological polar surface area (TPSA) is 58.1 Å². The number of benzene rings is 2. The zero-order valence-electron chi connectivity index (χ0n) is 15.7. The first kappa shape index (κ1) is 17.1. The third kappa shape index (κ3) is 3.08. The van der Waals surface area contributed by atoms with Gasteiger partial charge >= 0.3 is 0 Å². The van der Waals surface area contributed by atoms with E-state index < -0.39 is 0 Å². The highest BCUT2D eigenvalue weighted by Gasteiger charge is 2.20. The number of aromatic nitrogens is 2. The van der Waals surface area contributed by atoms with Crippen molar-refractivity contribution in [1.82, 2.24) is 20.4 Å². The summed E-state index contributed by atoms with van der Waals surface area (Å²) in [5, 5.41) is 11.9. The van der Waals surface area contributed by atoms with Crippen LogP contribution in [0.4, 0.5) is 0 Å².